The minimum absolute atomic E-state index is 0.0330. The zero-order valence-electron chi connectivity index (χ0n) is 13.8. The lowest BCUT2D eigenvalue weighted by Gasteiger charge is -2.11. The van der Waals surface area contributed by atoms with E-state index >= 15 is 0 Å². The summed E-state index contributed by atoms with van der Waals surface area (Å²) in [5, 5.41) is 2.83. The summed E-state index contributed by atoms with van der Waals surface area (Å²) in [4.78, 5) is 25.7. The predicted molar refractivity (Wildman–Crippen MR) is 97.5 cm³/mol. The Hall–Kier alpha value is -2.34. The Bertz CT molecular complexity index is 742. The van der Waals surface area contributed by atoms with E-state index in [1.54, 1.807) is 43.3 Å². The lowest BCUT2D eigenvalue weighted by molar-refractivity contribution is -0.127. The van der Waals surface area contributed by atoms with Crippen LogP contribution in [-0.4, -0.2) is 37.9 Å². The molecule has 0 aromatic heterocycles. The number of hydrogen-bond acceptors (Lipinski definition) is 3. The normalized spacial score (nSPS) is 10.2. The molecule has 2 aromatic carbocycles. The third-order valence-corrected chi connectivity index (χ3v) is 3.97. The minimum Gasteiger partial charge on any atom is -0.496 e. The Morgan fingerprint density at radius 3 is 2.38 bits per heavy atom. The van der Waals surface area contributed by atoms with E-state index in [1.807, 2.05) is 18.2 Å². The highest BCUT2D eigenvalue weighted by Gasteiger charge is 2.13. The summed E-state index contributed by atoms with van der Waals surface area (Å²) in [5.41, 5.74) is 1.99. The number of carbonyl (C=O) groups excluding carboxylic acids is 2. The van der Waals surface area contributed by atoms with Gasteiger partial charge in [-0.15, -0.1) is 0 Å². The van der Waals surface area contributed by atoms with Crippen LogP contribution in [0.3, 0.4) is 0 Å². The van der Waals surface area contributed by atoms with Crippen LogP contribution in [-0.2, 0) is 11.2 Å². The van der Waals surface area contributed by atoms with Crippen molar-refractivity contribution < 1.29 is 14.3 Å². The summed E-state index contributed by atoms with van der Waals surface area (Å²) < 4.78 is 6.02. The molecule has 0 aliphatic rings. The molecule has 0 fully saturated rings. The molecule has 0 heterocycles. The van der Waals surface area contributed by atoms with Gasteiger partial charge in [-0.1, -0.05) is 28.1 Å². The van der Waals surface area contributed by atoms with E-state index in [1.165, 1.54) is 7.11 Å². The van der Waals surface area contributed by atoms with Gasteiger partial charge in [-0.2, -0.15) is 0 Å². The number of rotatable bonds is 5. The average molecular weight is 391 g/mol. The fraction of sp³-hybridized carbons (Fsp3) is 0.222. The van der Waals surface area contributed by atoms with Crippen LogP contribution in [0.4, 0.5) is 5.69 Å². The van der Waals surface area contributed by atoms with Crippen LogP contribution >= 0.6 is 15.9 Å². The molecule has 2 aromatic rings. The Kier molecular flexibility index (Phi) is 5.98. The first-order valence-corrected chi connectivity index (χ1v) is 8.14. The molecule has 0 bridgehead atoms. The van der Waals surface area contributed by atoms with E-state index in [2.05, 4.69) is 21.2 Å². The molecule has 0 aliphatic carbocycles. The molecular formula is C18H19BrN2O3. The summed E-state index contributed by atoms with van der Waals surface area (Å²) in [5.74, 6) is 0.278. The van der Waals surface area contributed by atoms with E-state index in [0.717, 1.165) is 10.0 Å². The van der Waals surface area contributed by atoms with E-state index in [-0.39, 0.29) is 11.8 Å². The second kappa shape index (κ2) is 7.97. The van der Waals surface area contributed by atoms with Crippen molar-refractivity contribution in [1.29, 1.82) is 0 Å². The largest absolute Gasteiger partial charge is 0.496 e. The molecule has 0 atom stereocenters. The standard InChI is InChI=1S/C18H19BrN2O3/c1-21(2)17(22)10-12-4-7-14(8-5-12)20-18(23)15-11-13(19)6-9-16(15)24-3/h4-9,11H,10H2,1-3H3,(H,20,23). The lowest BCUT2D eigenvalue weighted by Crippen LogP contribution is -2.23. The zero-order valence-corrected chi connectivity index (χ0v) is 15.4. The first-order valence-electron chi connectivity index (χ1n) is 7.34. The molecule has 0 radical (unpaired) electrons. The number of halogens is 1. The number of amides is 2. The number of anilines is 1. The van der Waals surface area contributed by atoms with E-state index in [9.17, 15) is 9.59 Å². The van der Waals surface area contributed by atoms with Crippen molar-refractivity contribution in [1.82, 2.24) is 4.90 Å². The van der Waals surface area contributed by atoms with E-state index < -0.39 is 0 Å². The highest BCUT2D eigenvalue weighted by atomic mass is 79.9. The topological polar surface area (TPSA) is 58.6 Å². The van der Waals surface area contributed by atoms with Crippen molar-refractivity contribution in [3.05, 3.63) is 58.1 Å². The molecule has 0 saturated carbocycles. The molecule has 6 heteroatoms. The second-order valence-electron chi connectivity index (χ2n) is 5.46. The molecule has 5 nitrogen and oxygen atoms in total. The van der Waals surface area contributed by atoms with Crippen LogP contribution in [0.2, 0.25) is 0 Å². The Labute approximate surface area is 149 Å². The number of hydrogen-bond donors (Lipinski definition) is 1. The summed E-state index contributed by atoms with van der Waals surface area (Å²) in [6.07, 6.45) is 0.334. The average Bonchev–Trinajstić information content (AvgIpc) is 2.56. The molecule has 0 unspecified atom stereocenters. The quantitative estimate of drug-likeness (QED) is 0.851. The van der Waals surface area contributed by atoms with Crippen molar-refractivity contribution in [2.45, 2.75) is 6.42 Å². The molecular weight excluding hydrogens is 372 g/mol. The Morgan fingerprint density at radius 2 is 1.79 bits per heavy atom. The number of likely N-dealkylation sites (N-methyl/N-ethyl adjacent to an activating group) is 1. The van der Waals surface area contributed by atoms with Gasteiger partial charge in [0, 0.05) is 24.3 Å². The summed E-state index contributed by atoms with van der Waals surface area (Å²) in [6.45, 7) is 0. The maximum Gasteiger partial charge on any atom is 0.259 e. The minimum atomic E-state index is -0.259. The van der Waals surface area contributed by atoms with Crippen LogP contribution in [0.15, 0.2) is 46.9 Å². The van der Waals surface area contributed by atoms with Crippen LogP contribution in [0, 0.1) is 0 Å². The van der Waals surface area contributed by atoms with Gasteiger partial charge in [-0.25, -0.2) is 0 Å². The zero-order chi connectivity index (χ0) is 17.7. The third kappa shape index (κ3) is 4.58. The molecule has 0 spiro atoms. The maximum atomic E-state index is 12.4. The SMILES string of the molecule is COc1ccc(Br)cc1C(=O)Nc1ccc(CC(=O)N(C)C)cc1. The van der Waals surface area contributed by atoms with Crippen molar-refractivity contribution in [3.8, 4) is 5.75 Å². The highest BCUT2D eigenvalue weighted by Crippen LogP contribution is 2.24. The van der Waals surface area contributed by atoms with Crippen LogP contribution < -0.4 is 10.1 Å². The molecule has 24 heavy (non-hydrogen) atoms. The van der Waals surface area contributed by atoms with Gasteiger partial charge in [-0.05, 0) is 35.9 Å². The van der Waals surface area contributed by atoms with Gasteiger partial charge in [0.15, 0.2) is 0 Å². The van der Waals surface area contributed by atoms with Gasteiger partial charge in [-0.3, -0.25) is 9.59 Å². The van der Waals surface area contributed by atoms with Crippen molar-refractivity contribution in [3.63, 3.8) is 0 Å². The van der Waals surface area contributed by atoms with E-state index in [0.29, 0.717) is 23.4 Å². The van der Waals surface area contributed by atoms with Gasteiger partial charge in [0.25, 0.3) is 5.91 Å². The number of methoxy groups -OCH3 is 1. The number of nitrogens with one attached hydrogen (secondary N) is 1. The van der Waals surface area contributed by atoms with Gasteiger partial charge in [0.2, 0.25) is 5.91 Å². The Balaban J connectivity index is 2.10. The number of carbonyl (C=O) groups is 2. The fourth-order valence-corrected chi connectivity index (χ4v) is 2.46. The van der Waals surface area contributed by atoms with Gasteiger partial charge in [0.1, 0.15) is 5.75 Å². The molecule has 0 aliphatic heterocycles. The molecule has 2 rings (SSSR count). The fourth-order valence-electron chi connectivity index (χ4n) is 2.09. The summed E-state index contributed by atoms with van der Waals surface area (Å²) in [7, 11) is 4.97. The third-order valence-electron chi connectivity index (χ3n) is 3.47. The highest BCUT2D eigenvalue weighted by molar-refractivity contribution is 9.10. The molecule has 126 valence electrons. The van der Waals surface area contributed by atoms with Crippen LogP contribution in [0.1, 0.15) is 15.9 Å². The molecule has 2 amide bonds. The number of nitrogens with zero attached hydrogens (tertiary/aromatic N) is 1. The smallest absolute Gasteiger partial charge is 0.259 e. The molecule has 0 saturated heterocycles. The van der Waals surface area contributed by atoms with Crippen LogP contribution in [0.25, 0.3) is 0 Å². The number of ether oxygens (including phenoxy) is 1. The van der Waals surface area contributed by atoms with E-state index in [4.69, 9.17) is 4.74 Å². The Morgan fingerprint density at radius 1 is 1.12 bits per heavy atom. The monoisotopic (exact) mass is 390 g/mol. The lowest BCUT2D eigenvalue weighted by atomic mass is 10.1. The maximum absolute atomic E-state index is 12.4. The van der Waals surface area contributed by atoms with Crippen molar-refractivity contribution in [2.24, 2.45) is 0 Å². The second-order valence-corrected chi connectivity index (χ2v) is 6.38. The van der Waals surface area contributed by atoms with Crippen molar-refractivity contribution >= 4 is 33.4 Å². The van der Waals surface area contributed by atoms with Gasteiger partial charge >= 0.3 is 0 Å². The van der Waals surface area contributed by atoms with Crippen LogP contribution in [0.5, 0.6) is 5.75 Å². The first-order chi connectivity index (χ1) is 11.4. The summed E-state index contributed by atoms with van der Waals surface area (Å²) in [6, 6.07) is 12.5. The van der Waals surface area contributed by atoms with Gasteiger partial charge < -0.3 is 15.0 Å². The first kappa shape index (κ1) is 18.0. The predicted octanol–water partition coefficient (Wildman–Crippen LogP) is 3.34. The molecule has 1 N–H and O–H groups in total. The number of benzene rings is 2. The van der Waals surface area contributed by atoms with Gasteiger partial charge in [0.05, 0.1) is 19.1 Å². The summed E-state index contributed by atoms with van der Waals surface area (Å²) >= 11 is 3.35. The van der Waals surface area contributed by atoms with Crippen molar-refractivity contribution in [2.75, 3.05) is 26.5 Å².